The number of rotatable bonds is 4. The first-order valence-electron chi connectivity index (χ1n) is 11.9. The van der Waals surface area contributed by atoms with Crippen LogP contribution in [0.3, 0.4) is 0 Å². The minimum Gasteiger partial charge on any atom is -0.443 e. The van der Waals surface area contributed by atoms with Crippen molar-refractivity contribution >= 4 is 46.3 Å². The number of carbonyl (C=O) groups is 2. The van der Waals surface area contributed by atoms with Gasteiger partial charge in [-0.05, 0) is 90.1 Å². The molecule has 194 valence electrons. The maximum absolute atomic E-state index is 13.2. The van der Waals surface area contributed by atoms with Crippen molar-refractivity contribution in [3.63, 3.8) is 0 Å². The van der Waals surface area contributed by atoms with Crippen molar-refractivity contribution in [2.75, 3.05) is 9.80 Å². The fourth-order valence-electron chi connectivity index (χ4n) is 3.42. The highest BCUT2D eigenvalue weighted by atomic mass is 16.6. The topological polar surface area (TPSA) is 115 Å². The van der Waals surface area contributed by atoms with Gasteiger partial charge in [0.1, 0.15) is 11.2 Å². The van der Waals surface area contributed by atoms with Gasteiger partial charge in [0.2, 0.25) is 10.8 Å². The fourth-order valence-corrected chi connectivity index (χ4v) is 3.42. The summed E-state index contributed by atoms with van der Waals surface area (Å²) in [4.78, 5) is 35.5. The standard InChI is InChI=1S/C28H30N6O4/c1-27(2,3)37-25(35)33(21-11-7-19(31-29)8-12-21)23-15-17-24(18-16-23)34(26(36)38-28(4,5)6)22-13-9-20(32-30)10-14-22/h7-18H,1-6H3/q+2. The molecular formula is C28H30N6O4+2. The predicted molar refractivity (Wildman–Crippen MR) is 146 cm³/mol. The number of ether oxygens (including phenoxy) is 2. The molecular weight excluding hydrogens is 484 g/mol. The van der Waals surface area contributed by atoms with Crippen LogP contribution in [0.5, 0.6) is 0 Å². The number of benzene rings is 3. The summed E-state index contributed by atoms with van der Waals surface area (Å²) in [5.41, 5.74) is 1.14. The van der Waals surface area contributed by atoms with E-state index in [1.807, 2.05) is 0 Å². The molecule has 3 aromatic carbocycles. The van der Waals surface area contributed by atoms with Gasteiger partial charge in [0, 0.05) is 24.3 Å². The Morgan fingerprint density at radius 2 is 0.789 bits per heavy atom. The second kappa shape index (κ2) is 11.0. The zero-order valence-corrected chi connectivity index (χ0v) is 22.2. The summed E-state index contributed by atoms with van der Waals surface area (Å²) in [5.74, 6) is 0. The van der Waals surface area contributed by atoms with Crippen LogP contribution in [0.15, 0.2) is 72.8 Å². The van der Waals surface area contributed by atoms with Crippen LogP contribution >= 0.6 is 0 Å². The number of hydrogen-bond donors (Lipinski definition) is 0. The smallest absolute Gasteiger partial charge is 0.419 e. The first kappa shape index (κ1) is 27.6. The van der Waals surface area contributed by atoms with E-state index in [9.17, 15) is 9.59 Å². The summed E-state index contributed by atoms with van der Waals surface area (Å²) in [5, 5.41) is 18.1. The summed E-state index contributed by atoms with van der Waals surface area (Å²) in [6.07, 6.45) is -1.21. The van der Waals surface area contributed by atoms with Gasteiger partial charge in [-0.1, -0.05) is 0 Å². The number of hydrogen-bond acceptors (Lipinski definition) is 6. The minimum absolute atomic E-state index is 0.334. The van der Waals surface area contributed by atoms with Crippen molar-refractivity contribution in [2.24, 2.45) is 0 Å². The van der Waals surface area contributed by atoms with Gasteiger partial charge in [-0.25, -0.2) is 19.4 Å². The normalized spacial score (nSPS) is 11.1. The molecule has 3 aromatic rings. The highest BCUT2D eigenvalue weighted by molar-refractivity contribution is 5.99. The summed E-state index contributed by atoms with van der Waals surface area (Å²) in [6.45, 7) is 10.6. The predicted octanol–water partition coefficient (Wildman–Crippen LogP) is 8.80. The molecule has 0 aromatic heterocycles. The Balaban J connectivity index is 2.05. The highest BCUT2D eigenvalue weighted by Crippen LogP contribution is 2.34. The average Bonchev–Trinajstić information content (AvgIpc) is 2.84. The Morgan fingerprint density at radius 3 is 1.00 bits per heavy atom. The van der Waals surface area contributed by atoms with Gasteiger partial charge in [0.25, 0.3) is 0 Å². The van der Waals surface area contributed by atoms with E-state index in [2.05, 4.69) is 9.95 Å². The lowest BCUT2D eigenvalue weighted by Gasteiger charge is -2.29. The van der Waals surface area contributed by atoms with E-state index in [4.69, 9.17) is 20.3 Å². The molecule has 0 aliphatic heterocycles. The van der Waals surface area contributed by atoms with Crippen LogP contribution in [-0.4, -0.2) is 23.4 Å². The number of nitrogens with zero attached hydrogens (tertiary/aromatic N) is 6. The van der Waals surface area contributed by atoms with Gasteiger partial charge in [-0.2, -0.15) is 0 Å². The van der Waals surface area contributed by atoms with Gasteiger partial charge in [-0.3, -0.25) is 0 Å². The highest BCUT2D eigenvalue weighted by Gasteiger charge is 2.28. The number of diazo groups is 2. The molecule has 0 radical (unpaired) electrons. The summed E-state index contributed by atoms with van der Waals surface area (Å²) in [7, 11) is 0. The van der Waals surface area contributed by atoms with Crippen molar-refractivity contribution in [1.82, 2.24) is 0 Å². The molecule has 38 heavy (non-hydrogen) atoms. The molecule has 0 aliphatic carbocycles. The maximum atomic E-state index is 13.2. The Kier molecular flexibility index (Phi) is 7.98. The summed E-state index contributed by atoms with van der Waals surface area (Å²) < 4.78 is 11.3. The van der Waals surface area contributed by atoms with Crippen molar-refractivity contribution in [1.29, 1.82) is 10.8 Å². The van der Waals surface area contributed by atoms with E-state index in [1.54, 1.807) is 114 Å². The molecule has 10 heteroatoms. The average molecular weight is 515 g/mol. The van der Waals surface area contributed by atoms with Crippen LogP contribution in [0.25, 0.3) is 9.95 Å². The SMILES string of the molecule is CC(C)(C)OC(=O)N(c1ccc([N+]#N)cc1)c1ccc(N(C(=O)OC(C)(C)C)c2ccc([N+]#N)cc2)cc1. The molecule has 0 N–H and O–H groups in total. The minimum atomic E-state index is -0.740. The Morgan fingerprint density at radius 1 is 0.553 bits per heavy atom. The van der Waals surface area contributed by atoms with E-state index in [1.165, 1.54) is 9.80 Å². The van der Waals surface area contributed by atoms with Gasteiger partial charge in [-0.15, -0.1) is 0 Å². The third-order valence-electron chi connectivity index (χ3n) is 4.97. The van der Waals surface area contributed by atoms with Gasteiger partial charge >= 0.3 is 23.6 Å². The van der Waals surface area contributed by atoms with Crippen molar-refractivity contribution in [3.8, 4) is 0 Å². The van der Waals surface area contributed by atoms with Crippen molar-refractivity contribution < 1.29 is 19.1 Å². The zero-order chi connectivity index (χ0) is 28.1. The Bertz CT molecular complexity index is 1270. The number of amides is 2. The summed E-state index contributed by atoms with van der Waals surface area (Å²) >= 11 is 0. The molecule has 3 rings (SSSR count). The first-order valence-corrected chi connectivity index (χ1v) is 11.9. The molecule has 10 nitrogen and oxygen atoms in total. The molecule has 0 aliphatic rings. The lowest BCUT2D eigenvalue weighted by molar-refractivity contribution is 0.0587. The lowest BCUT2D eigenvalue weighted by Crippen LogP contribution is -2.34. The monoisotopic (exact) mass is 514 g/mol. The molecule has 0 unspecified atom stereocenters. The van der Waals surface area contributed by atoms with Crippen LogP contribution in [0.1, 0.15) is 41.5 Å². The van der Waals surface area contributed by atoms with Gasteiger partial charge in [0.15, 0.2) is 9.95 Å². The quantitative estimate of drug-likeness (QED) is 0.321. The fraction of sp³-hybridized carbons (Fsp3) is 0.286. The lowest BCUT2D eigenvalue weighted by atomic mass is 10.2. The van der Waals surface area contributed by atoms with E-state index >= 15 is 0 Å². The van der Waals surface area contributed by atoms with E-state index in [-0.39, 0.29) is 0 Å². The van der Waals surface area contributed by atoms with Gasteiger partial charge in [0.05, 0.1) is 22.7 Å². The van der Waals surface area contributed by atoms with Crippen LogP contribution in [-0.2, 0) is 9.47 Å². The van der Waals surface area contributed by atoms with Crippen molar-refractivity contribution in [2.45, 2.75) is 52.7 Å². The molecule has 2 amide bonds. The van der Waals surface area contributed by atoms with E-state index in [0.717, 1.165) is 0 Å². The Labute approximate surface area is 221 Å². The van der Waals surface area contributed by atoms with E-state index in [0.29, 0.717) is 34.1 Å². The second-order valence-electron chi connectivity index (χ2n) is 10.4. The molecule has 0 fully saturated rings. The van der Waals surface area contributed by atoms with E-state index < -0.39 is 23.4 Å². The van der Waals surface area contributed by atoms with Crippen LogP contribution in [0.2, 0.25) is 0 Å². The molecule has 0 atom stereocenters. The van der Waals surface area contributed by atoms with Crippen LogP contribution in [0.4, 0.5) is 43.7 Å². The van der Waals surface area contributed by atoms with Crippen LogP contribution in [0, 0.1) is 10.8 Å². The zero-order valence-electron chi connectivity index (χ0n) is 22.2. The Hall–Kier alpha value is -4.96. The van der Waals surface area contributed by atoms with Crippen LogP contribution < -0.4 is 9.80 Å². The first-order chi connectivity index (χ1) is 17.8. The molecule has 0 heterocycles. The third kappa shape index (κ3) is 7.05. The van der Waals surface area contributed by atoms with Gasteiger partial charge < -0.3 is 9.47 Å². The third-order valence-corrected chi connectivity index (χ3v) is 4.97. The molecule has 0 spiro atoms. The molecule has 0 saturated heterocycles. The largest absolute Gasteiger partial charge is 0.443 e. The second-order valence-corrected chi connectivity index (χ2v) is 10.4. The molecule has 0 saturated carbocycles. The number of anilines is 4. The van der Waals surface area contributed by atoms with Crippen molar-refractivity contribution in [3.05, 3.63) is 82.7 Å². The number of carbonyl (C=O) groups excluding carboxylic acids is 2. The molecule has 0 bridgehead atoms. The maximum Gasteiger partial charge on any atom is 0.419 e. The summed E-state index contributed by atoms with van der Waals surface area (Å²) in [6, 6.07) is 19.5.